The van der Waals surface area contributed by atoms with Crippen LogP contribution in [0.5, 0.6) is 5.75 Å². The van der Waals surface area contributed by atoms with E-state index in [2.05, 4.69) is 21.8 Å². The third-order valence-corrected chi connectivity index (χ3v) is 5.58. The quantitative estimate of drug-likeness (QED) is 0.432. The topological polar surface area (TPSA) is 56.2 Å². The number of para-hydroxylation sites is 2. The van der Waals surface area contributed by atoms with E-state index in [-0.39, 0.29) is 5.91 Å². The van der Waals surface area contributed by atoms with Crippen molar-refractivity contribution in [3.05, 3.63) is 76.0 Å². The van der Waals surface area contributed by atoms with Crippen LogP contribution in [0.15, 0.2) is 60.0 Å². The van der Waals surface area contributed by atoms with Gasteiger partial charge in [-0.15, -0.1) is 11.3 Å². The zero-order chi connectivity index (χ0) is 20.2. The van der Waals surface area contributed by atoms with Crippen molar-refractivity contribution in [2.45, 2.75) is 33.4 Å². The average Bonchev–Trinajstić information content (AvgIpc) is 3.32. The fourth-order valence-corrected chi connectivity index (χ4v) is 4.02. The summed E-state index contributed by atoms with van der Waals surface area (Å²) in [6.07, 6.45) is 0.961. The summed E-state index contributed by atoms with van der Waals surface area (Å²) in [4.78, 5) is 18.0. The highest BCUT2D eigenvalue weighted by Gasteiger charge is 2.15. The van der Waals surface area contributed by atoms with Crippen molar-refractivity contribution in [3.63, 3.8) is 0 Å². The Balaban J connectivity index is 1.47. The molecule has 6 heteroatoms. The van der Waals surface area contributed by atoms with Crippen LogP contribution in [0, 0.1) is 6.92 Å². The molecule has 2 heterocycles. The van der Waals surface area contributed by atoms with Crippen LogP contribution in [-0.4, -0.2) is 15.5 Å². The summed E-state index contributed by atoms with van der Waals surface area (Å²) in [5.41, 5.74) is 4.05. The molecule has 0 aliphatic carbocycles. The van der Waals surface area contributed by atoms with Crippen molar-refractivity contribution in [1.29, 1.82) is 0 Å². The first-order valence-electron chi connectivity index (χ1n) is 9.67. The summed E-state index contributed by atoms with van der Waals surface area (Å²) in [5, 5.41) is 4.94. The summed E-state index contributed by atoms with van der Waals surface area (Å²) in [6, 6.07) is 17.7. The van der Waals surface area contributed by atoms with Gasteiger partial charge in [0, 0.05) is 12.1 Å². The molecule has 1 amide bonds. The first kappa shape index (κ1) is 19.2. The molecule has 29 heavy (non-hydrogen) atoms. The molecule has 2 aromatic heterocycles. The number of benzene rings is 2. The van der Waals surface area contributed by atoms with Gasteiger partial charge in [-0.3, -0.25) is 10.1 Å². The SMILES string of the molecule is CCCn1c(NC(=O)c2cc(COc3cccc(C)c3)cs2)nc2ccccc21. The number of nitrogens with zero attached hydrogens (tertiary/aromatic N) is 2. The van der Waals surface area contributed by atoms with Crippen LogP contribution in [-0.2, 0) is 13.2 Å². The predicted octanol–water partition coefficient (Wildman–Crippen LogP) is 5.65. The van der Waals surface area contributed by atoms with Gasteiger partial charge in [-0.05, 0) is 54.6 Å². The molecule has 0 fully saturated rings. The number of amides is 1. The Morgan fingerprint density at radius 1 is 1.17 bits per heavy atom. The number of hydrogen-bond donors (Lipinski definition) is 1. The van der Waals surface area contributed by atoms with Crippen LogP contribution >= 0.6 is 11.3 Å². The van der Waals surface area contributed by atoms with E-state index < -0.39 is 0 Å². The molecule has 148 valence electrons. The minimum Gasteiger partial charge on any atom is -0.489 e. The van der Waals surface area contributed by atoms with E-state index in [1.54, 1.807) is 0 Å². The van der Waals surface area contributed by atoms with Crippen molar-refractivity contribution in [2.24, 2.45) is 0 Å². The number of imidazole rings is 1. The number of aromatic nitrogens is 2. The van der Waals surface area contributed by atoms with Gasteiger partial charge in [0.2, 0.25) is 5.95 Å². The number of carbonyl (C=O) groups is 1. The Labute approximate surface area is 174 Å². The minimum absolute atomic E-state index is 0.149. The number of carbonyl (C=O) groups excluding carboxylic acids is 1. The van der Waals surface area contributed by atoms with Crippen LogP contribution in [0.25, 0.3) is 11.0 Å². The number of aryl methyl sites for hydroxylation is 2. The standard InChI is InChI=1S/C23H23N3O2S/c1-3-11-26-20-10-5-4-9-19(20)24-23(26)25-22(27)21-13-17(15-29-21)14-28-18-8-6-7-16(2)12-18/h4-10,12-13,15H,3,11,14H2,1-2H3,(H,24,25,27). The highest BCUT2D eigenvalue weighted by atomic mass is 32.1. The van der Waals surface area contributed by atoms with E-state index in [0.29, 0.717) is 17.4 Å². The van der Waals surface area contributed by atoms with E-state index in [0.717, 1.165) is 40.9 Å². The van der Waals surface area contributed by atoms with Gasteiger partial charge in [0.15, 0.2) is 0 Å². The number of anilines is 1. The van der Waals surface area contributed by atoms with E-state index in [9.17, 15) is 4.79 Å². The van der Waals surface area contributed by atoms with E-state index in [1.165, 1.54) is 11.3 Å². The minimum atomic E-state index is -0.149. The zero-order valence-electron chi connectivity index (χ0n) is 16.5. The van der Waals surface area contributed by atoms with Gasteiger partial charge in [-0.1, -0.05) is 31.2 Å². The van der Waals surface area contributed by atoms with Crippen molar-refractivity contribution in [1.82, 2.24) is 9.55 Å². The monoisotopic (exact) mass is 405 g/mol. The molecule has 0 bridgehead atoms. The Kier molecular flexibility index (Phi) is 5.62. The lowest BCUT2D eigenvalue weighted by Crippen LogP contribution is -2.15. The molecule has 0 saturated carbocycles. The fourth-order valence-electron chi connectivity index (χ4n) is 3.23. The van der Waals surface area contributed by atoms with Crippen molar-refractivity contribution < 1.29 is 9.53 Å². The van der Waals surface area contributed by atoms with Gasteiger partial charge in [0.1, 0.15) is 12.4 Å². The molecule has 1 N–H and O–H groups in total. The lowest BCUT2D eigenvalue weighted by molar-refractivity contribution is 0.102. The van der Waals surface area contributed by atoms with Crippen LogP contribution in [0.1, 0.15) is 34.1 Å². The lowest BCUT2D eigenvalue weighted by atomic mass is 10.2. The van der Waals surface area contributed by atoms with Gasteiger partial charge >= 0.3 is 0 Å². The Bertz CT molecular complexity index is 1150. The maximum absolute atomic E-state index is 12.8. The van der Waals surface area contributed by atoms with E-state index >= 15 is 0 Å². The van der Waals surface area contributed by atoms with Crippen LogP contribution < -0.4 is 10.1 Å². The van der Waals surface area contributed by atoms with Gasteiger partial charge in [-0.2, -0.15) is 0 Å². The molecule has 0 aliphatic heterocycles. The molecule has 4 rings (SSSR count). The molecule has 5 nitrogen and oxygen atoms in total. The number of ether oxygens (including phenoxy) is 1. The molecule has 0 aliphatic rings. The number of rotatable bonds is 7. The second kappa shape index (κ2) is 8.49. The van der Waals surface area contributed by atoms with Crippen LogP contribution in [0.2, 0.25) is 0 Å². The Morgan fingerprint density at radius 3 is 2.86 bits per heavy atom. The van der Waals surface area contributed by atoms with Crippen molar-refractivity contribution in [2.75, 3.05) is 5.32 Å². The number of nitrogens with one attached hydrogen (secondary N) is 1. The summed E-state index contributed by atoms with van der Waals surface area (Å²) < 4.78 is 7.89. The van der Waals surface area contributed by atoms with Gasteiger partial charge in [-0.25, -0.2) is 4.98 Å². The maximum Gasteiger partial charge on any atom is 0.268 e. The Hall–Kier alpha value is -3.12. The Morgan fingerprint density at radius 2 is 2.03 bits per heavy atom. The first-order chi connectivity index (χ1) is 14.1. The van der Waals surface area contributed by atoms with Gasteiger partial charge < -0.3 is 9.30 Å². The second-order valence-corrected chi connectivity index (χ2v) is 7.87. The second-order valence-electron chi connectivity index (χ2n) is 6.95. The summed E-state index contributed by atoms with van der Waals surface area (Å²) >= 11 is 1.41. The highest BCUT2D eigenvalue weighted by Crippen LogP contribution is 2.23. The normalized spacial score (nSPS) is 11.0. The first-order valence-corrected chi connectivity index (χ1v) is 10.6. The van der Waals surface area contributed by atoms with E-state index in [1.807, 2.05) is 66.9 Å². The smallest absolute Gasteiger partial charge is 0.268 e. The molecule has 2 aromatic carbocycles. The molecular weight excluding hydrogens is 382 g/mol. The number of hydrogen-bond acceptors (Lipinski definition) is 4. The lowest BCUT2D eigenvalue weighted by Gasteiger charge is -2.08. The highest BCUT2D eigenvalue weighted by molar-refractivity contribution is 7.12. The summed E-state index contributed by atoms with van der Waals surface area (Å²) in [7, 11) is 0. The van der Waals surface area contributed by atoms with Crippen molar-refractivity contribution >= 4 is 34.2 Å². The van der Waals surface area contributed by atoms with Crippen LogP contribution in [0.4, 0.5) is 5.95 Å². The predicted molar refractivity (Wildman–Crippen MR) is 118 cm³/mol. The third-order valence-electron chi connectivity index (χ3n) is 4.60. The fraction of sp³-hybridized carbons (Fsp3) is 0.217. The molecule has 0 spiro atoms. The zero-order valence-corrected chi connectivity index (χ0v) is 17.3. The number of fused-ring (bicyclic) bond motifs is 1. The molecule has 0 unspecified atom stereocenters. The summed E-state index contributed by atoms with van der Waals surface area (Å²) in [6.45, 7) is 5.38. The van der Waals surface area contributed by atoms with E-state index in [4.69, 9.17) is 4.74 Å². The van der Waals surface area contributed by atoms with Gasteiger partial charge in [0.25, 0.3) is 5.91 Å². The average molecular weight is 406 g/mol. The summed E-state index contributed by atoms with van der Waals surface area (Å²) in [5.74, 6) is 1.27. The molecule has 0 atom stereocenters. The third kappa shape index (κ3) is 4.32. The van der Waals surface area contributed by atoms with Gasteiger partial charge in [0.05, 0.1) is 15.9 Å². The molecule has 4 aromatic rings. The molecular formula is C23H23N3O2S. The largest absolute Gasteiger partial charge is 0.489 e. The molecule has 0 saturated heterocycles. The number of thiophene rings is 1. The molecule has 0 radical (unpaired) electrons. The van der Waals surface area contributed by atoms with Crippen LogP contribution in [0.3, 0.4) is 0 Å². The maximum atomic E-state index is 12.8. The van der Waals surface area contributed by atoms with Crippen molar-refractivity contribution in [3.8, 4) is 5.75 Å².